The van der Waals surface area contributed by atoms with Crippen molar-refractivity contribution < 1.29 is 14.3 Å². The molecule has 0 bridgehead atoms. The maximum absolute atomic E-state index is 13.1. The molecular weight excluding hydrogens is 377 g/mol. The average Bonchev–Trinajstić information content (AvgIpc) is 3.22. The van der Waals surface area contributed by atoms with Crippen LogP contribution in [-0.2, 0) is 11.3 Å². The van der Waals surface area contributed by atoms with E-state index >= 15 is 0 Å². The van der Waals surface area contributed by atoms with Crippen LogP contribution < -0.4 is 4.90 Å². The number of carbonyl (C=O) groups is 1. The quantitative estimate of drug-likeness (QED) is 0.751. The van der Waals surface area contributed by atoms with Crippen molar-refractivity contribution in [3.63, 3.8) is 0 Å². The standard InChI is InChI=1S/C19H26FN7O2/c20-16-2-4-17(5-3-16)25-10-8-24(9-11-25)13-19(29)6-1-7-26(14-19)18(28)12-27-15-21-22-23-27/h2-5,15,29H,1,6-14H2. The van der Waals surface area contributed by atoms with Crippen molar-refractivity contribution in [2.24, 2.45) is 0 Å². The fraction of sp³-hybridized carbons (Fsp3) is 0.579. The molecule has 156 valence electrons. The van der Waals surface area contributed by atoms with Crippen molar-refractivity contribution in [2.45, 2.75) is 25.0 Å². The summed E-state index contributed by atoms with van der Waals surface area (Å²) in [6.07, 6.45) is 2.86. The van der Waals surface area contributed by atoms with E-state index in [9.17, 15) is 14.3 Å². The normalized spacial score (nSPS) is 23.4. The van der Waals surface area contributed by atoms with E-state index in [1.165, 1.54) is 23.1 Å². The Morgan fingerprint density at radius 3 is 2.59 bits per heavy atom. The van der Waals surface area contributed by atoms with E-state index < -0.39 is 5.60 Å². The molecule has 2 aromatic rings. The Morgan fingerprint density at radius 2 is 1.90 bits per heavy atom. The van der Waals surface area contributed by atoms with Gasteiger partial charge in [0.1, 0.15) is 18.7 Å². The van der Waals surface area contributed by atoms with Gasteiger partial charge in [-0.1, -0.05) is 0 Å². The molecule has 2 fully saturated rings. The molecule has 1 aromatic carbocycles. The van der Waals surface area contributed by atoms with Gasteiger partial charge in [-0.05, 0) is 47.5 Å². The van der Waals surface area contributed by atoms with E-state index in [0.717, 1.165) is 38.3 Å². The Labute approximate surface area is 168 Å². The molecule has 2 aliphatic rings. The zero-order chi connectivity index (χ0) is 20.3. The Balaban J connectivity index is 1.29. The first-order valence-electron chi connectivity index (χ1n) is 9.95. The van der Waals surface area contributed by atoms with Gasteiger partial charge in [0.15, 0.2) is 0 Å². The lowest BCUT2D eigenvalue weighted by molar-refractivity contribution is -0.140. The number of amides is 1. The predicted molar refractivity (Wildman–Crippen MR) is 104 cm³/mol. The van der Waals surface area contributed by atoms with E-state index in [-0.39, 0.29) is 18.3 Å². The third kappa shape index (κ3) is 4.88. The van der Waals surface area contributed by atoms with Gasteiger partial charge in [-0.25, -0.2) is 9.07 Å². The summed E-state index contributed by atoms with van der Waals surface area (Å²) in [5, 5.41) is 22.0. The number of aliphatic hydroxyl groups is 1. The molecule has 1 atom stereocenters. The number of aromatic nitrogens is 4. The molecular formula is C19H26FN7O2. The number of benzene rings is 1. The second-order valence-corrected chi connectivity index (χ2v) is 7.89. The summed E-state index contributed by atoms with van der Waals surface area (Å²) >= 11 is 0. The van der Waals surface area contributed by atoms with Crippen LogP contribution in [0, 0.1) is 5.82 Å². The fourth-order valence-electron chi connectivity index (χ4n) is 4.18. The molecule has 1 N–H and O–H groups in total. The van der Waals surface area contributed by atoms with E-state index in [0.29, 0.717) is 26.1 Å². The smallest absolute Gasteiger partial charge is 0.244 e. The van der Waals surface area contributed by atoms with Crippen LogP contribution in [0.2, 0.25) is 0 Å². The molecule has 2 aliphatic heterocycles. The van der Waals surface area contributed by atoms with Crippen molar-refractivity contribution in [2.75, 3.05) is 50.7 Å². The first-order valence-corrected chi connectivity index (χ1v) is 9.95. The highest BCUT2D eigenvalue weighted by Crippen LogP contribution is 2.24. The van der Waals surface area contributed by atoms with Crippen LogP contribution in [0.3, 0.4) is 0 Å². The van der Waals surface area contributed by atoms with Gasteiger partial charge in [0.2, 0.25) is 5.91 Å². The third-order valence-corrected chi connectivity index (χ3v) is 5.68. The molecule has 1 unspecified atom stereocenters. The number of carbonyl (C=O) groups excluding carboxylic acids is 1. The monoisotopic (exact) mass is 403 g/mol. The maximum atomic E-state index is 13.1. The summed E-state index contributed by atoms with van der Waals surface area (Å²) in [7, 11) is 0. The molecule has 0 aliphatic carbocycles. The summed E-state index contributed by atoms with van der Waals surface area (Å²) in [5.41, 5.74) is 0.105. The number of piperidine rings is 1. The summed E-state index contributed by atoms with van der Waals surface area (Å²) < 4.78 is 14.5. The first kappa shape index (κ1) is 19.7. The summed E-state index contributed by atoms with van der Waals surface area (Å²) in [5.74, 6) is -0.317. The van der Waals surface area contributed by atoms with Crippen LogP contribution in [0.15, 0.2) is 30.6 Å². The van der Waals surface area contributed by atoms with Gasteiger partial charge < -0.3 is 14.9 Å². The zero-order valence-corrected chi connectivity index (χ0v) is 16.3. The van der Waals surface area contributed by atoms with E-state index in [4.69, 9.17) is 0 Å². The first-order chi connectivity index (χ1) is 14.0. The number of β-amino-alcohol motifs (C(OH)–C–C–N with tert-alkyl or cyclic N) is 1. The van der Waals surface area contributed by atoms with Crippen LogP contribution in [-0.4, -0.2) is 92.4 Å². The van der Waals surface area contributed by atoms with Crippen molar-refractivity contribution in [1.82, 2.24) is 30.0 Å². The number of piperazine rings is 1. The number of hydrogen-bond acceptors (Lipinski definition) is 7. The van der Waals surface area contributed by atoms with Gasteiger partial charge in [0.05, 0.1) is 12.1 Å². The molecule has 1 aromatic heterocycles. The number of rotatable bonds is 5. The number of tetrazole rings is 1. The summed E-state index contributed by atoms with van der Waals surface area (Å²) in [6.45, 7) is 4.87. The number of halogens is 1. The summed E-state index contributed by atoms with van der Waals surface area (Å²) in [4.78, 5) is 18.7. The molecule has 0 radical (unpaired) electrons. The Morgan fingerprint density at radius 1 is 1.14 bits per heavy atom. The SMILES string of the molecule is O=C(Cn1cnnn1)N1CCCC(O)(CN2CCN(c3ccc(F)cc3)CC2)C1. The van der Waals surface area contributed by atoms with Gasteiger partial charge in [0.25, 0.3) is 0 Å². The molecule has 3 heterocycles. The second kappa shape index (κ2) is 8.42. The van der Waals surface area contributed by atoms with Crippen LogP contribution in [0.4, 0.5) is 10.1 Å². The average molecular weight is 403 g/mol. The molecule has 29 heavy (non-hydrogen) atoms. The largest absolute Gasteiger partial charge is 0.387 e. The molecule has 2 saturated heterocycles. The molecule has 0 spiro atoms. The van der Waals surface area contributed by atoms with Crippen molar-refractivity contribution in [3.8, 4) is 0 Å². The number of nitrogens with zero attached hydrogens (tertiary/aromatic N) is 7. The van der Waals surface area contributed by atoms with Crippen LogP contribution in [0.1, 0.15) is 12.8 Å². The van der Waals surface area contributed by atoms with Gasteiger partial charge in [-0.15, -0.1) is 5.10 Å². The minimum atomic E-state index is -0.910. The van der Waals surface area contributed by atoms with Crippen LogP contribution in [0.25, 0.3) is 0 Å². The van der Waals surface area contributed by atoms with Gasteiger partial charge >= 0.3 is 0 Å². The Kier molecular flexibility index (Phi) is 5.72. The number of likely N-dealkylation sites (tertiary alicyclic amines) is 1. The van der Waals surface area contributed by atoms with E-state index in [2.05, 4.69) is 25.3 Å². The highest BCUT2D eigenvalue weighted by molar-refractivity contribution is 5.76. The van der Waals surface area contributed by atoms with Crippen molar-refractivity contribution >= 4 is 11.6 Å². The van der Waals surface area contributed by atoms with Gasteiger partial charge in [-0.2, -0.15) is 0 Å². The zero-order valence-electron chi connectivity index (χ0n) is 16.3. The Bertz CT molecular complexity index is 808. The summed E-state index contributed by atoms with van der Waals surface area (Å²) in [6, 6.07) is 6.56. The van der Waals surface area contributed by atoms with Crippen molar-refractivity contribution in [1.29, 1.82) is 0 Å². The molecule has 1 amide bonds. The minimum absolute atomic E-state index is 0.0828. The number of hydrogen-bond donors (Lipinski definition) is 1. The molecule has 10 heteroatoms. The van der Waals surface area contributed by atoms with Crippen LogP contribution in [0.5, 0.6) is 0 Å². The lowest BCUT2D eigenvalue weighted by atomic mass is 9.91. The molecule has 0 saturated carbocycles. The van der Waals surface area contributed by atoms with Crippen molar-refractivity contribution in [3.05, 3.63) is 36.4 Å². The van der Waals surface area contributed by atoms with Gasteiger partial charge in [-0.3, -0.25) is 9.69 Å². The molecule has 4 rings (SSSR count). The molecule has 9 nitrogen and oxygen atoms in total. The number of anilines is 1. The topological polar surface area (TPSA) is 90.6 Å². The lowest BCUT2D eigenvalue weighted by Gasteiger charge is -2.44. The highest BCUT2D eigenvalue weighted by Gasteiger charge is 2.37. The highest BCUT2D eigenvalue weighted by atomic mass is 19.1. The predicted octanol–water partition coefficient (Wildman–Crippen LogP) is -0.0121. The van der Waals surface area contributed by atoms with E-state index in [1.807, 2.05) is 0 Å². The second-order valence-electron chi connectivity index (χ2n) is 7.89. The minimum Gasteiger partial charge on any atom is -0.387 e. The van der Waals surface area contributed by atoms with Crippen LogP contribution >= 0.6 is 0 Å². The fourth-order valence-corrected chi connectivity index (χ4v) is 4.18. The Hall–Kier alpha value is -2.59. The lowest BCUT2D eigenvalue weighted by Crippen LogP contribution is -2.58. The third-order valence-electron chi connectivity index (χ3n) is 5.68. The van der Waals surface area contributed by atoms with E-state index in [1.54, 1.807) is 17.0 Å². The van der Waals surface area contributed by atoms with Gasteiger partial charge in [0, 0.05) is 45.0 Å². The maximum Gasteiger partial charge on any atom is 0.244 e.